The molecular formula is C24H26N2O5. The highest BCUT2D eigenvalue weighted by molar-refractivity contribution is 5.86. The number of carboxylic acid groups (broad SMARTS) is 1. The van der Waals surface area contributed by atoms with Gasteiger partial charge >= 0.3 is 12.1 Å². The highest BCUT2D eigenvalue weighted by Crippen LogP contribution is 2.44. The Labute approximate surface area is 180 Å². The molecule has 2 aromatic rings. The van der Waals surface area contributed by atoms with Crippen LogP contribution in [0.2, 0.25) is 0 Å². The maximum atomic E-state index is 12.4. The van der Waals surface area contributed by atoms with Crippen molar-refractivity contribution in [2.45, 2.75) is 31.7 Å². The summed E-state index contributed by atoms with van der Waals surface area (Å²) in [4.78, 5) is 35.7. The molecule has 0 aromatic heterocycles. The summed E-state index contributed by atoms with van der Waals surface area (Å²) in [6.45, 7) is 2.28. The molecular weight excluding hydrogens is 396 g/mol. The number of carboxylic acids is 1. The lowest BCUT2D eigenvalue weighted by Gasteiger charge is -2.18. The predicted octanol–water partition coefficient (Wildman–Crippen LogP) is 3.14. The van der Waals surface area contributed by atoms with Crippen molar-refractivity contribution in [3.8, 4) is 11.1 Å². The Balaban J connectivity index is 1.31. The molecule has 162 valence electrons. The smallest absolute Gasteiger partial charge is 0.407 e. The lowest BCUT2D eigenvalue weighted by molar-refractivity contribution is -0.139. The molecule has 3 N–H and O–H groups in total. The maximum Gasteiger partial charge on any atom is 0.407 e. The minimum atomic E-state index is -0.831. The van der Waals surface area contributed by atoms with Crippen molar-refractivity contribution >= 4 is 18.0 Å². The number of nitrogens with one attached hydrogen (secondary N) is 2. The molecule has 0 spiro atoms. The van der Waals surface area contributed by atoms with Gasteiger partial charge in [0.15, 0.2) is 0 Å². The fourth-order valence-corrected chi connectivity index (χ4v) is 4.27. The fourth-order valence-electron chi connectivity index (χ4n) is 4.27. The predicted molar refractivity (Wildman–Crippen MR) is 115 cm³/mol. The van der Waals surface area contributed by atoms with E-state index < -0.39 is 18.1 Å². The zero-order valence-corrected chi connectivity index (χ0v) is 17.3. The molecule has 2 aromatic carbocycles. The van der Waals surface area contributed by atoms with Gasteiger partial charge in [0.05, 0.1) is 5.92 Å². The van der Waals surface area contributed by atoms with Crippen LogP contribution in [-0.2, 0) is 14.3 Å². The molecule has 7 nitrogen and oxygen atoms in total. The Bertz CT molecular complexity index is 959. The van der Waals surface area contributed by atoms with Crippen LogP contribution in [0.1, 0.15) is 36.8 Å². The molecule has 4 rings (SSSR count). The van der Waals surface area contributed by atoms with Crippen molar-refractivity contribution in [3.63, 3.8) is 0 Å². The zero-order valence-electron chi connectivity index (χ0n) is 17.3. The quantitative estimate of drug-likeness (QED) is 0.606. The number of alkyl carbamates (subject to hydrolysis) is 1. The van der Waals surface area contributed by atoms with Crippen LogP contribution in [0.15, 0.2) is 48.5 Å². The number of carbonyl (C=O) groups excluding carboxylic acids is 2. The summed E-state index contributed by atoms with van der Waals surface area (Å²) in [5.41, 5.74) is 4.55. The number of rotatable bonds is 8. The Hall–Kier alpha value is -3.35. The summed E-state index contributed by atoms with van der Waals surface area (Å²) < 4.78 is 5.50. The highest BCUT2D eigenvalue weighted by atomic mass is 16.5. The number of fused-ring (bicyclic) bond motifs is 3. The first kappa shape index (κ1) is 20.9. The lowest BCUT2D eigenvalue weighted by atomic mass is 9.98. The molecule has 3 atom stereocenters. The molecule has 2 amide bonds. The van der Waals surface area contributed by atoms with Crippen molar-refractivity contribution in [1.29, 1.82) is 0 Å². The van der Waals surface area contributed by atoms with Gasteiger partial charge in [-0.25, -0.2) is 4.79 Å². The molecule has 0 bridgehead atoms. The van der Waals surface area contributed by atoms with Gasteiger partial charge in [-0.15, -0.1) is 0 Å². The van der Waals surface area contributed by atoms with Crippen LogP contribution in [0.5, 0.6) is 0 Å². The molecule has 2 aliphatic rings. The van der Waals surface area contributed by atoms with E-state index in [9.17, 15) is 14.4 Å². The normalized spacial score (nSPS) is 19.6. The van der Waals surface area contributed by atoms with Crippen LogP contribution < -0.4 is 10.6 Å². The van der Waals surface area contributed by atoms with Gasteiger partial charge in [-0.3, -0.25) is 9.59 Å². The van der Waals surface area contributed by atoms with Gasteiger partial charge in [0, 0.05) is 12.5 Å². The molecule has 0 radical (unpaired) electrons. The van der Waals surface area contributed by atoms with Crippen LogP contribution in [0.4, 0.5) is 4.79 Å². The summed E-state index contributed by atoms with van der Waals surface area (Å²) in [5, 5.41) is 14.3. The SMILES string of the molecule is CCC(NC(=O)OCC1c2ccccc2-c2ccccc21)C(=O)NC[C@@H]1C[C@@H]1C(=O)O. The fraction of sp³-hybridized carbons (Fsp3) is 0.375. The molecule has 7 heteroatoms. The van der Waals surface area contributed by atoms with Crippen LogP contribution in [0, 0.1) is 11.8 Å². The number of hydrogen-bond donors (Lipinski definition) is 3. The van der Waals surface area contributed by atoms with Gasteiger partial charge < -0.3 is 20.5 Å². The van der Waals surface area contributed by atoms with Gasteiger partial charge in [0.2, 0.25) is 5.91 Å². The molecule has 0 saturated heterocycles. The van der Waals surface area contributed by atoms with E-state index in [0.717, 1.165) is 22.3 Å². The van der Waals surface area contributed by atoms with E-state index in [2.05, 4.69) is 22.8 Å². The van der Waals surface area contributed by atoms with Gasteiger partial charge in [-0.1, -0.05) is 55.5 Å². The number of ether oxygens (including phenoxy) is 1. The van der Waals surface area contributed by atoms with Crippen molar-refractivity contribution < 1.29 is 24.2 Å². The maximum absolute atomic E-state index is 12.4. The van der Waals surface area contributed by atoms with Crippen LogP contribution in [-0.4, -0.2) is 42.3 Å². The lowest BCUT2D eigenvalue weighted by Crippen LogP contribution is -2.47. The monoisotopic (exact) mass is 422 g/mol. The Kier molecular flexibility index (Phi) is 5.93. The second-order valence-electron chi connectivity index (χ2n) is 8.12. The average molecular weight is 422 g/mol. The topological polar surface area (TPSA) is 105 Å². The largest absolute Gasteiger partial charge is 0.481 e. The number of aliphatic carboxylic acids is 1. The van der Waals surface area contributed by atoms with E-state index in [1.54, 1.807) is 6.92 Å². The number of amides is 2. The van der Waals surface area contributed by atoms with Crippen molar-refractivity contribution in [3.05, 3.63) is 59.7 Å². The third-order valence-corrected chi connectivity index (χ3v) is 6.14. The molecule has 2 aliphatic carbocycles. The van der Waals surface area contributed by atoms with Gasteiger partial charge in [-0.2, -0.15) is 0 Å². The van der Waals surface area contributed by atoms with Gasteiger partial charge in [-0.05, 0) is 41.0 Å². The van der Waals surface area contributed by atoms with Crippen LogP contribution >= 0.6 is 0 Å². The molecule has 1 saturated carbocycles. The zero-order chi connectivity index (χ0) is 22.0. The second kappa shape index (κ2) is 8.79. The average Bonchev–Trinajstić information content (AvgIpc) is 3.50. The summed E-state index contributed by atoms with van der Waals surface area (Å²) in [5.74, 6) is -1.62. The Morgan fingerprint density at radius 3 is 2.23 bits per heavy atom. The van der Waals surface area contributed by atoms with E-state index in [0.29, 0.717) is 19.4 Å². The molecule has 0 heterocycles. The first-order valence-electron chi connectivity index (χ1n) is 10.6. The van der Waals surface area contributed by atoms with Crippen molar-refractivity contribution in [2.75, 3.05) is 13.2 Å². The van der Waals surface area contributed by atoms with E-state index in [4.69, 9.17) is 9.84 Å². The first-order valence-corrected chi connectivity index (χ1v) is 10.6. The molecule has 1 fully saturated rings. The number of hydrogen-bond acceptors (Lipinski definition) is 4. The molecule has 31 heavy (non-hydrogen) atoms. The van der Waals surface area contributed by atoms with E-state index in [1.165, 1.54) is 0 Å². The minimum Gasteiger partial charge on any atom is -0.481 e. The minimum absolute atomic E-state index is 0.0339. The van der Waals surface area contributed by atoms with Crippen LogP contribution in [0.25, 0.3) is 11.1 Å². The Morgan fingerprint density at radius 1 is 1.06 bits per heavy atom. The summed E-state index contributed by atoms with van der Waals surface area (Å²) in [6, 6.07) is 15.5. The highest BCUT2D eigenvalue weighted by Gasteiger charge is 2.43. The molecule has 1 unspecified atom stereocenters. The van der Waals surface area contributed by atoms with Crippen molar-refractivity contribution in [1.82, 2.24) is 10.6 Å². The van der Waals surface area contributed by atoms with Crippen LogP contribution in [0.3, 0.4) is 0 Å². The van der Waals surface area contributed by atoms with E-state index >= 15 is 0 Å². The number of carbonyl (C=O) groups is 3. The van der Waals surface area contributed by atoms with Gasteiger partial charge in [0.25, 0.3) is 0 Å². The van der Waals surface area contributed by atoms with E-state index in [-0.39, 0.29) is 30.3 Å². The second-order valence-corrected chi connectivity index (χ2v) is 8.12. The van der Waals surface area contributed by atoms with Gasteiger partial charge in [0.1, 0.15) is 12.6 Å². The summed E-state index contributed by atoms with van der Waals surface area (Å²) in [7, 11) is 0. The number of benzene rings is 2. The molecule has 0 aliphatic heterocycles. The third kappa shape index (κ3) is 4.40. The standard InChI is InChI=1S/C24H26N2O5/c1-2-21(22(27)25-12-14-11-19(14)23(28)29)26-24(30)31-13-20-17-9-5-3-7-15(17)16-8-4-6-10-18(16)20/h3-10,14,19-21H,2,11-13H2,1H3,(H,25,27)(H,26,30)(H,28,29)/t14-,19-,21?/m0/s1. The third-order valence-electron chi connectivity index (χ3n) is 6.14. The first-order chi connectivity index (χ1) is 15.0. The Morgan fingerprint density at radius 2 is 1.68 bits per heavy atom. The summed E-state index contributed by atoms with van der Waals surface area (Å²) in [6.07, 6.45) is 0.341. The van der Waals surface area contributed by atoms with E-state index in [1.807, 2.05) is 36.4 Å². The summed E-state index contributed by atoms with van der Waals surface area (Å²) >= 11 is 0. The van der Waals surface area contributed by atoms with Crippen molar-refractivity contribution in [2.24, 2.45) is 11.8 Å².